The zero-order valence-electron chi connectivity index (χ0n) is 13.2. The molecule has 5 nitrogen and oxygen atoms in total. The number of amides is 1. The van der Waals surface area contributed by atoms with Crippen LogP contribution in [-0.4, -0.2) is 21.6 Å². The van der Waals surface area contributed by atoms with Crippen LogP contribution in [0.5, 0.6) is 0 Å². The van der Waals surface area contributed by atoms with E-state index in [0.29, 0.717) is 10.6 Å². The molecule has 1 amide bonds. The monoisotopic (exact) mass is 386 g/mol. The summed E-state index contributed by atoms with van der Waals surface area (Å²) in [4.78, 5) is 23.0. The molecule has 3 aromatic rings. The van der Waals surface area contributed by atoms with Crippen LogP contribution in [0.3, 0.4) is 0 Å². The maximum atomic E-state index is 12.4. The van der Waals surface area contributed by atoms with Crippen molar-refractivity contribution in [2.24, 2.45) is 0 Å². The average molecular weight is 387 g/mol. The number of aromatic nitrogens is 2. The van der Waals surface area contributed by atoms with Gasteiger partial charge in [0.1, 0.15) is 27.3 Å². The molecule has 4 rings (SSSR count). The molecule has 0 unspecified atom stereocenters. The van der Waals surface area contributed by atoms with E-state index in [1.165, 1.54) is 23.0 Å². The molecule has 3 aromatic heterocycles. The van der Waals surface area contributed by atoms with Gasteiger partial charge in [-0.15, -0.1) is 22.7 Å². The van der Waals surface area contributed by atoms with Gasteiger partial charge in [-0.1, -0.05) is 11.8 Å². The highest BCUT2D eigenvalue weighted by Crippen LogP contribution is 2.37. The second-order valence-corrected chi connectivity index (χ2v) is 8.65. The van der Waals surface area contributed by atoms with Crippen molar-refractivity contribution in [2.75, 3.05) is 11.1 Å². The standard InChI is InChI=1S/C17H14N4OS3/c18-7-12-10-3-1-2-4-13(10)25-17(12)21-14(22)8-24-16-11-5-6-23-15(11)19-9-20-16/h5-6,9H,1-4,8H2,(H,21,22). The van der Waals surface area contributed by atoms with Crippen molar-refractivity contribution in [2.45, 2.75) is 30.7 Å². The molecule has 0 fully saturated rings. The van der Waals surface area contributed by atoms with E-state index in [9.17, 15) is 10.1 Å². The van der Waals surface area contributed by atoms with Gasteiger partial charge in [0.15, 0.2) is 0 Å². The first kappa shape index (κ1) is 16.5. The van der Waals surface area contributed by atoms with Gasteiger partial charge in [0, 0.05) is 10.3 Å². The number of thiophene rings is 2. The fourth-order valence-corrected chi connectivity index (χ4v) is 5.79. The maximum Gasteiger partial charge on any atom is 0.235 e. The van der Waals surface area contributed by atoms with Gasteiger partial charge >= 0.3 is 0 Å². The SMILES string of the molecule is N#Cc1c(NC(=O)CSc2ncnc3sccc23)sc2c1CCCC2. The number of carbonyl (C=O) groups excluding carboxylic acids is 1. The minimum atomic E-state index is -0.109. The molecule has 8 heteroatoms. The Hall–Kier alpha value is -1.95. The first-order valence-corrected chi connectivity index (χ1v) is 10.6. The van der Waals surface area contributed by atoms with E-state index in [0.717, 1.165) is 46.5 Å². The van der Waals surface area contributed by atoms with E-state index < -0.39 is 0 Å². The van der Waals surface area contributed by atoms with Crippen molar-refractivity contribution in [1.82, 2.24) is 9.97 Å². The first-order chi connectivity index (χ1) is 12.3. The van der Waals surface area contributed by atoms with Crippen molar-refractivity contribution >= 4 is 55.6 Å². The zero-order valence-corrected chi connectivity index (χ0v) is 15.7. The molecule has 0 aliphatic heterocycles. The topological polar surface area (TPSA) is 78.7 Å². The summed E-state index contributed by atoms with van der Waals surface area (Å²) >= 11 is 4.51. The lowest BCUT2D eigenvalue weighted by atomic mass is 9.96. The Bertz CT molecular complexity index is 986. The quantitative estimate of drug-likeness (QED) is 0.536. The molecule has 0 radical (unpaired) electrons. The molecule has 25 heavy (non-hydrogen) atoms. The number of nitrogens with one attached hydrogen (secondary N) is 1. The molecule has 1 aliphatic rings. The van der Waals surface area contributed by atoms with Crippen LogP contribution < -0.4 is 5.32 Å². The summed E-state index contributed by atoms with van der Waals surface area (Å²) in [6.07, 6.45) is 5.75. The van der Waals surface area contributed by atoms with Crippen LogP contribution in [0, 0.1) is 11.3 Å². The molecule has 0 saturated carbocycles. The smallest absolute Gasteiger partial charge is 0.235 e. The van der Waals surface area contributed by atoms with Crippen molar-refractivity contribution in [3.05, 3.63) is 33.8 Å². The molecule has 0 spiro atoms. The number of anilines is 1. The fraction of sp³-hybridized carbons (Fsp3) is 0.294. The van der Waals surface area contributed by atoms with E-state index in [1.807, 2.05) is 11.4 Å². The Kier molecular flexibility index (Phi) is 4.70. The van der Waals surface area contributed by atoms with Crippen molar-refractivity contribution in [1.29, 1.82) is 5.26 Å². The molecule has 1 N–H and O–H groups in total. The van der Waals surface area contributed by atoms with Crippen molar-refractivity contribution in [3.63, 3.8) is 0 Å². The Morgan fingerprint density at radius 1 is 1.36 bits per heavy atom. The lowest BCUT2D eigenvalue weighted by Gasteiger charge is -2.09. The normalized spacial score (nSPS) is 13.4. The van der Waals surface area contributed by atoms with Crippen molar-refractivity contribution in [3.8, 4) is 6.07 Å². The highest BCUT2D eigenvalue weighted by molar-refractivity contribution is 8.00. The maximum absolute atomic E-state index is 12.4. The van der Waals surface area contributed by atoms with Crippen LogP contribution in [0.1, 0.15) is 28.8 Å². The number of carbonyl (C=O) groups is 1. The Morgan fingerprint density at radius 2 is 2.24 bits per heavy atom. The Balaban J connectivity index is 1.47. The van der Waals surface area contributed by atoms with E-state index in [2.05, 4.69) is 21.4 Å². The number of rotatable bonds is 4. The summed E-state index contributed by atoms with van der Waals surface area (Å²) in [5, 5.41) is 16.9. The first-order valence-electron chi connectivity index (χ1n) is 7.91. The van der Waals surface area contributed by atoms with Gasteiger partial charge in [0.05, 0.1) is 11.3 Å². The van der Waals surface area contributed by atoms with Crippen molar-refractivity contribution < 1.29 is 4.79 Å². The third kappa shape index (κ3) is 3.27. The summed E-state index contributed by atoms with van der Waals surface area (Å²) in [5.41, 5.74) is 1.79. The summed E-state index contributed by atoms with van der Waals surface area (Å²) in [7, 11) is 0. The molecule has 126 valence electrons. The second kappa shape index (κ2) is 7.12. The lowest BCUT2D eigenvalue weighted by molar-refractivity contribution is -0.113. The molecule has 1 aliphatic carbocycles. The second-order valence-electron chi connectivity index (χ2n) is 5.68. The summed E-state index contributed by atoms with van der Waals surface area (Å²) < 4.78 is 0. The van der Waals surface area contributed by atoms with Gasteiger partial charge in [-0.3, -0.25) is 4.79 Å². The van der Waals surface area contributed by atoms with Gasteiger partial charge in [0.2, 0.25) is 5.91 Å². The molecule has 0 saturated heterocycles. The number of nitriles is 1. The predicted molar refractivity (Wildman–Crippen MR) is 102 cm³/mol. The zero-order chi connectivity index (χ0) is 17.2. The summed E-state index contributed by atoms with van der Waals surface area (Å²) in [6, 6.07) is 4.25. The number of hydrogen-bond donors (Lipinski definition) is 1. The minimum absolute atomic E-state index is 0.109. The van der Waals surface area contributed by atoms with Crippen LogP contribution in [0.25, 0.3) is 10.2 Å². The number of thioether (sulfide) groups is 1. The van der Waals surface area contributed by atoms with E-state index in [-0.39, 0.29) is 11.7 Å². The lowest BCUT2D eigenvalue weighted by Crippen LogP contribution is -2.14. The molecule has 0 atom stereocenters. The molecule has 3 heterocycles. The van der Waals surface area contributed by atoms with Gasteiger partial charge in [-0.05, 0) is 42.7 Å². The number of hydrogen-bond acceptors (Lipinski definition) is 7. The van der Waals surface area contributed by atoms with Gasteiger partial charge in [-0.2, -0.15) is 5.26 Å². The molecule has 0 bridgehead atoms. The van der Waals surface area contributed by atoms with E-state index >= 15 is 0 Å². The van der Waals surface area contributed by atoms with Crippen LogP contribution in [-0.2, 0) is 17.6 Å². The van der Waals surface area contributed by atoms with E-state index in [1.54, 1.807) is 22.7 Å². The van der Waals surface area contributed by atoms with Gasteiger partial charge in [-0.25, -0.2) is 9.97 Å². The average Bonchev–Trinajstić information content (AvgIpc) is 3.23. The van der Waals surface area contributed by atoms with Crippen LogP contribution in [0.4, 0.5) is 5.00 Å². The highest BCUT2D eigenvalue weighted by Gasteiger charge is 2.21. The Morgan fingerprint density at radius 3 is 3.12 bits per heavy atom. The van der Waals surface area contributed by atoms with Crippen LogP contribution >= 0.6 is 34.4 Å². The molecule has 0 aromatic carbocycles. The highest BCUT2D eigenvalue weighted by atomic mass is 32.2. The molecular formula is C17H14N4OS3. The largest absolute Gasteiger partial charge is 0.316 e. The van der Waals surface area contributed by atoms with Gasteiger partial charge < -0.3 is 5.32 Å². The summed E-state index contributed by atoms with van der Waals surface area (Å²) in [5.74, 6) is 0.150. The molecular weight excluding hydrogens is 372 g/mol. The van der Waals surface area contributed by atoms with Crippen LogP contribution in [0.15, 0.2) is 22.8 Å². The third-order valence-electron chi connectivity index (χ3n) is 4.10. The number of fused-ring (bicyclic) bond motifs is 2. The number of nitrogens with zero attached hydrogens (tertiary/aromatic N) is 3. The van der Waals surface area contributed by atoms with Gasteiger partial charge in [0.25, 0.3) is 0 Å². The third-order valence-corrected chi connectivity index (χ3v) is 7.13. The van der Waals surface area contributed by atoms with Crippen LogP contribution in [0.2, 0.25) is 0 Å². The minimum Gasteiger partial charge on any atom is -0.316 e. The Labute approximate surface area is 157 Å². The van der Waals surface area contributed by atoms with E-state index in [4.69, 9.17) is 0 Å². The summed E-state index contributed by atoms with van der Waals surface area (Å²) in [6.45, 7) is 0. The fourth-order valence-electron chi connectivity index (χ4n) is 2.95. The number of aryl methyl sites for hydroxylation is 1. The predicted octanol–water partition coefficient (Wildman–Crippen LogP) is 4.23.